The summed E-state index contributed by atoms with van der Waals surface area (Å²) in [6.07, 6.45) is -0.0383. The molecular weight excluding hydrogens is 298 g/mol. The lowest BCUT2D eigenvalue weighted by Gasteiger charge is -2.35. The van der Waals surface area contributed by atoms with Crippen molar-refractivity contribution in [2.24, 2.45) is 0 Å². The van der Waals surface area contributed by atoms with Gasteiger partial charge < -0.3 is 14.6 Å². The summed E-state index contributed by atoms with van der Waals surface area (Å²) in [5.41, 5.74) is 0.834. The van der Waals surface area contributed by atoms with E-state index in [0.29, 0.717) is 30.9 Å². The van der Waals surface area contributed by atoms with Crippen LogP contribution >= 0.6 is 0 Å². The van der Waals surface area contributed by atoms with Gasteiger partial charge >= 0.3 is 12.1 Å². The molecule has 1 amide bonds. The highest BCUT2D eigenvalue weighted by atomic mass is 16.6. The summed E-state index contributed by atoms with van der Waals surface area (Å²) in [5, 5.41) is 9.59. The SMILES string of the molecule is CCOc1ccc2c(c1)CCN(C(=O)OC(C)(C)C)C2C(=O)O. The van der Waals surface area contributed by atoms with E-state index in [1.165, 1.54) is 4.90 Å². The molecule has 1 aromatic carbocycles. The van der Waals surface area contributed by atoms with Gasteiger partial charge in [0.25, 0.3) is 0 Å². The number of carbonyl (C=O) groups excluding carboxylic acids is 1. The Hall–Kier alpha value is -2.24. The van der Waals surface area contributed by atoms with Gasteiger partial charge in [-0.25, -0.2) is 9.59 Å². The molecule has 0 radical (unpaired) electrons. The van der Waals surface area contributed by atoms with Crippen molar-refractivity contribution in [2.75, 3.05) is 13.2 Å². The van der Waals surface area contributed by atoms with Gasteiger partial charge in [0, 0.05) is 6.54 Å². The van der Waals surface area contributed by atoms with Gasteiger partial charge in [0.2, 0.25) is 0 Å². The van der Waals surface area contributed by atoms with E-state index in [2.05, 4.69) is 0 Å². The Balaban J connectivity index is 2.32. The zero-order valence-electron chi connectivity index (χ0n) is 14.0. The van der Waals surface area contributed by atoms with Crippen molar-refractivity contribution in [3.8, 4) is 5.75 Å². The number of aliphatic carboxylic acids is 1. The third-order valence-corrected chi connectivity index (χ3v) is 3.52. The van der Waals surface area contributed by atoms with E-state index in [1.54, 1.807) is 32.9 Å². The molecule has 1 atom stereocenters. The highest BCUT2D eigenvalue weighted by molar-refractivity contribution is 5.82. The Morgan fingerprint density at radius 3 is 2.61 bits per heavy atom. The first-order valence-electron chi connectivity index (χ1n) is 7.71. The molecule has 0 spiro atoms. The number of carboxylic acids is 1. The molecule has 1 aliphatic heterocycles. The maximum atomic E-state index is 12.3. The maximum Gasteiger partial charge on any atom is 0.411 e. The van der Waals surface area contributed by atoms with Crippen LogP contribution in [0.15, 0.2) is 18.2 Å². The monoisotopic (exact) mass is 321 g/mol. The molecule has 6 heteroatoms. The Morgan fingerprint density at radius 1 is 1.35 bits per heavy atom. The lowest BCUT2D eigenvalue weighted by atomic mass is 9.92. The highest BCUT2D eigenvalue weighted by Gasteiger charge is 2.38. The van der Waals surface area contributed by atoms with Crippen LogP contribution in [0.2, 0.25) is 0 Å². The maximum absolute atomic E-state index is 12.3. The number of fused-ring (bicyclic) bond motifs is 1. The van der Waals surface area contributed by atoms with Crippen LogP contribution in [0, 0.1) is 0 Å². The van der Waals surface area contributed by atoms with Gasteiger partial charge in [0.1, 0.15) is 11.4 Å². The van der Waals surface area contributed by atoms with Crippen molar-refractivity contribution in [1.82, 2.24) is 4.90 Å². The second-order valence-corrected chi connectivity index (χ2v) is 6.46. The van der Waals surface area contributed by atoms with Gasteiger partial charge in [-0.15, -0.1) is 0 Å². The summed E-state index contributed by atoms with van der Waals surface area (Å²) < 4.78 is 10.8. The number of carbonyl (C=O) groups is 2. The van der Waals surface area contributed by atoms with Crippen LogP contribution in [0.3, 0.4) is 0 Å². The van der Waals surface area contributed by atoms with Gasteiger partial charge in [-0.3, -0.25) is 4.90 Å². The van der Waals surface area contributed by atoms with Crippen molar-refractivity contribution in [3.05, 3.63) is 29.3 Å². The van der Waals surface area contributed by atoms with E-state index in [9.17, 15) is 14.7 Å². The van der Waals surface area contributed by atoms with Gasteiger partial charge in [-0.1, -0.05) is 6.07 Å². The molecule has 1 N–H and O–H groups in total. The Labute approximate surface area is 136 Å². The minimum atomic E-state index is -1.07. The molecule has 6 nitrogen and oxygen atoms in total. The lowest BCUT2D eigenvalue weighted by molar-refractivity contribution is -0.143. The first-order valence-corrected chi connectivity index (χ1v) is 7.71. The van der Waals surface area contributed by atoms with Crippen molar-refractivity contribution in [2.45, 2.75) is 45.8 Å². The summed E-state index contributed by atoms with van der Waals surface area (Å²) in [5.74, 6) is -0.359. The smallest absolute Gasteiger partial charge is 0.411 e. The van der Waals surface area contributed by atoms with E-state index in [0.717, 1.165) is 5.56 Å². The molecular formula is C17H23NO5. The number of carboxylic acid groups (broad SMARTS) is 1. The lowest BCUT2D eigenvalue weighted by Crippen LogP contribution is -2.45. The van der Waals surface area contributed by atoms with Crippen molar-refractivity contribution in [3.63, 3.8) is 0 Å². The summed E-state index contributed by atoms with van der Waals surface area (Å²) in [4.78, 5) is 25.3. The number of hydrogen-bond acceptors (Lipinski definition) is 4. The first-order chi connectivity index (χ1) is 10.7. The predicted molar refractivity (Wildman–Crippen MR) is 84.6 cm³/mol. The number of rotatable bonds is 3. The second-order valence-electron chi connectivity index (χ2n) is 6.46. The minimum Gasteiger partial charge on any atom is -0.494 e. The molecule has 0 fully saturated rings. The largest absolute Gasteiger partial charge is 0.494 e. The molecule has 1 heterocycles. The van der Waals surface area contributed by atoms with Crippen LogP contribution in [0.5, 0.6) is 5.75 Å². The summed E-state index contributed by atoms with van der Waals surface area (Å²) in [6, 6.07) is 4.26. The fourth-order valence-electron chi connectivity index (χ4n) is 2.64. The van der Waals surface area contributed by atoms with Crippen LogP contribution in [0.1, 0.15) is 44.9 Å². The summed E-state index contributed by atoms with van der Waals surface area (Å²) in [7, 11) is 0. The Morgan fingerprint density at radius 2 is 2.04 bits per heavy atom. The molecule has 23 heavy (non-hydrogen) atoms. The number of benzene rings is 1. The fourth-order valence-corrected chi connectivity index (χ4v) is 2.64. The quantitative estimate of drug-likeness (QED) is 0.926. The fraction of sp³-hybridized carbons (Fsp3) is 0.529. The van der Waals surface area contributed by atoms with Gasteiger partial charge in [-0.2, -0.15) is 0 Å². The molecule has 2 rings (SSSR count). The molecule has 0 saturated heterocycles. The zero-order chi connectivity index (χ0) is 17.2. The van der Waals surface area contributed by atoms with E-state index in [-0.39, 0.29) is 0 Å². The molecule has 0 aliphatic carbocycles. The van der Waals surface area contributed by atoms with Gasteiger partial charge in [0.05, 0.1) is 6.61 Å². The normalized spacial score (nSPS) is 17.4. The van der Waals surface area contributed by atoms with Crippen molar-refractivity contribution >= 4 is 12.1 Å². The molecule has 126 valence electrons. The van der Waals surface area contributed by atoms with Crippen LogP contribution in [-0.4, -0.2) is 40.8 Å². The van der Waals surface area contributed by atoms with Gasteiger partial charge in [-0.05, 0) is 57.4 Å². The van der Waals surface area contributed by atoms with Crippen molar-refractivity contribution in [1.29, 1.82) is 0 Å². The van der Waals surface area contributed by atoms with Crippen molar-refractivity contribution < 1.29 is 24.2 Å². The number of nitrogens with zero attached hydrogens (tertiary/aromatic N) is 1. The minimum absolute atomic E-state index is 0.300. The third-order valence-electron chi connectivity index (χ3n) is 3.52. The summed E-state index contributed by atoms with van der Waals surface area (Å²) in [6.45, 7) is 8.01. The van der Waals surface area contributed by atoms with Crippen LogP contribution in [0.4, 0.5) is 4.79 Å². The Kier molecular flexibility index (Phi) is 4.82. The molecule has 0 saturated carbocycles. The molecule has 0 bridgehead atoms. The zero-order valence-corrected chi connectivity index (χ0v) is 14.0. The predicted octanol–water partition coefficient (Wildman–Crippen LogP) is 3.00. The van der Waals surface area contributed by atoms with E-state index < -0.39 is 23.7 Å². The average Bonchev–Trinajstić information content (AvgIpc) is 2.44. The van der Waals surface area contributed by atoms with Crippen LogP contribution < -0.4 is 4.74 Å². The van der Waals surface area contributed by atoms with Crippen LogP contribution in [0.25, 0.3) is 0 Å². The number of amides is 1. The van der Waals surface area contributed by atoms with Gasteiger partial charge in [0.15, 0.2) is 6.04 Å². The molecule has 1 aliphatic rings. The molecule has 1 aromatic rings. The standard InChI is InChI=1S/C17H23NO5/c1-5-22-12-6-7-13-11(10-12)8-9-18(14(13)15(19)20)16(21)23-17(2,3)4/h6-7,10,14H,5,8-9H2,1-4H3,(H,19,20). The average molecular weight is 321 g/mol. The van der Waals surface area contributed by atoms with E-state index in [4.69, 9.17) is 9.47 Å². The summed E-state index contributed by atoms with van der Waals surface area (Å²) >= 11 is 0. The van der Waals surface area contributed by atoms with E-state index in [1.807, 2.05) is 13.0 Å². The number of hydrogen-bond donors (Lipinski definition) is 1. The first kappa shape index (κ1) is 17.1. The molecule has 0 aromatic heterocycles. The van der Waals surface area contributed by atoms with Crippen LogP contribution in [-0.2, 0) is 16.0 Å². The second kappa shape index (κ2) is 6.48. The van der Waals surface area contributed by atoms with E-state index >= 15 is 0 Å². The highest BCUT2D eigenvalue weighted by Crippen LogP contribution is 2.33. The molecule has 1 unspecified atom stereocenters. The Bertz CT molecular complexity index is 605. The third kappa shape index (κ3) is 3.94. The number of ether oxygens (including phenoxy) is 2. The topological polar surface area (TPSA) is 76.1 Å².